The Hall–Kier alpha value is -2.66. The molecule has 116 valence electrons. The molecule has 2 unspecified atom stereocenters. The first kappa shape index (κ1) is 19.3. The summed E-state index contributed by atoms with van der Waals surface area (Å²) in [7, 11) is 0. The molecule has 0 saturated heterocycles. The Morgan fingerprint density at radius 1 is 0.818 bits per heavy atom. The highest BCUT2D eigenvalue weighted by Gasteiger charge is 2.27. The normalized spacial score (nSPS) is 15.5. The topological polar surface area (TPSA) is 131 Å². The first-order valence-corrected chi connectivity index (χ1v) is 6.79. The van der Waals surface area contributed by atoms with Gasteiger partial charge >= 0.3 is 0 Å². The monoisotopic (exact) mass is 302 g/mol. The lowest BCUT2D eigenvalue weighted by atomic mass is 9.97. The van der Waals surface area contributed by atoms with Crippen LogP contribution in [0, 0.1) is 22.7 Å². The Labute approximate surface area is 129 Å². The summed E-state index contributed by atoms with van der Waals surface area (Å²) in [4.78, 5) is 26.8. The standard InChI is InChI=1S/C14H18N6O2/c1-13(9-15,5-3-7-17-11-21)19-20-14(2,10-16)6-4-8-18-12-22/h3-8H2,1-2H3/b20-19+. The summed E-state index contributed by atoms with van der Waals surface area (Å²) in [6.45, 7) is 3.76. The van der Waals surface area contributed by atoms with Crippen LogP contribution >= 0.6 is 0 Å². The lowest BCUT2D eigenvalue weighted by Crippen LogP contribution is -2.24. The third-order valence-electron chi connectivity index (χ3n) is 2.97. The summed E-state index contributed by atoms with van der Waals surface area (Å²) in [6, 6.07) is 4.10. The number of nitriles is 2. The lowest BCUT2D eigenvalue weighted by Gasteiger charge is -2.19. The molecule has 0 aromatic heterocycles. The van der Waals surface area contributed by atoms with Gasteiger partial charge in [0.25, 0.3) is 0 Å². The minimum Gasteiger partial charge on any atom is -0.211 e. The number of carbonyl (C=O) groups excluding carboxylic acids is 2. The van der Waals surface area contributed by atoms with Crippen LogP contribution in [0.5, 0.6) is 0 Å². The Kier molecular flexibility index (Phi) is 8.90. The molecule has 0 aromatic carbocycles. The van der Waals surface area contributed by atoms with Crippen LogP contribution in [-0.4, -0.2) is 36.3 Å². The number of hydrogen-bond donors (Lipinski definition) is 0. The van der Waals surface area contributed by atoms with E-state index in [4.69, 9.17) is 0 Å². The molecule has 8 nitrogen and oxygen atoms in total. The summed E-state index contributed by atoms with van der Waals surface area (Å²) in [5.41, 5.74) is -2.14. The summed E-state index contributed by atoms with van der Waals surface area (Å²) in [6.07, 6.45) is 4.59. The lowest BCUT2D eigenvalue weighted by molar-refractivity contribution is 0.439. The number of rotatable bonds is 10. The number of aliphatic imine (C=N–C) groups is 2. The van der Waals surface area contributed by atoms with Crippen LogP contribution in [0.4, 0.5) is 0 Å². The van der Waals surface area contributed by atoms with Crippen LogP contribution in [0.25, 0.3) is 0 Å². The van der Waals surface area contributed by atoms with Crippen molar-refractivity contribution < 1.29 is 9.59 Å². The molecule has 0 saturated carbocycles. The second-order valence-electron chi connectivity index (χ2n) is 5.12. The van der Waals surface area contributed by atoms with Gasteiger partial charge < -0.3 is 0 Å². The highest BCUT2D eigenvalue weighted by molar-refractivity contribution is 5.32. The molecule has 0 radical (unpaired) electrons. The highest BCUT2D eigenvalue weighted by Crippen LogP contribution is 2.23. The minimum atomic E-state index is -1.07. The smallest absolute Gasteiger partial charge is 0.211 e. The molecular weight excluding hydrogens is 284 g/mol. The van der Waals surface area contributed by atoms with Crippen molar-refractivity contribution in [2.24, 2.45) is 20.2 Å². The van der Waals surface area contributed by atoms with E-state index in [1.807, 2.05) is 12.1 Å². The van der Waals surface area contributed by atoms with Crippen molar-refractivity contribution >= 4 is 12.2 Å². The van der Waals surface area contributed by atoms with Crippen molar-refractivity contribution in [2.75, 3.05) is 13.1 Å². The van der Waals surface area contributed by atoms with E-state index in [-0.39, 0.29) is 13.1 Å². The number of hydrogen-bond acceptors (Lipinski definition) is 8. The maximum atomic E-state index is 9.98. The van der Waals surface area contributed by atoms with Gasteiger partial charge in [-0.1, -0.05) is 0 Å². The van der Waals surface area contributed by atoms with Crippen LogP contribution in [0.2, 0.25) is 0 Å². The molecule has 0 bridgehead atoms. The van der Waals surface area contributed by atoms with Gasteiger partial charge in [-0.05, 0) is 39.5 Å². The summed E-state index contributed by atoms with van der Waals surface area (Å²) < 4.78 is 0. The third kappa shape index (κ3) is 7.81. The molecule has 0 N–H and O–H groups in total. The zero-order chi connectivity index (χ0) is 16.9. The van der Waals surface area contributed by atoms with E-state index in [2.05, 4.69) is 20.2 Å². The van der Waals surface area contributed by atoms with Crippen molar-refractivity contribution in [3.63, 3.8) is 0 Å². The Morgan fingerprint density at radius 3 is 1.45 bits per heavy atom. The van der Waals surface area contributed by atoms with Crippen molar-refractivity contribution in [1.29, 1.82) is 10.5 Å². The van der Waals surface area contributed by atoms with E-state index in [9.17, 15) is 20.1 Å². The molecule has 0 spiro atoms. The van der Waals surface area contributed by atoms with Crippen molar-refractivity contribution in [3.05, 3.63) is 0 Å². The zero-order valence-corrected chi connectivity index (χ0v) is 12.7. The van der Waals surface area contributed by atoms with E-state index in [0.29, 0.717) is 25.7 Å². The SMILES string of the molecule is CC(C#N)(CCCN=C=O)/N=N/C(C)(C#N)CCCN=C=O. The first-order valence-electron chi connectivity index (χ1n) is 6.79. The van der Waals surface area contributed by atoms with Crippen LogP contribution in [-0.2, 0) is 9.59 Å². The maximum absolute atomic E-state index is 9.98. The molecule has 0 heterocycles. The van der Waals surface area contributed by atoms with E-state index in [1.54, 1.807) is 13.8 Å². The van der Waals surface area contributed by atoms with Crippen LogP contribution in [0.15, 0.2) is 20.2 Å². The summed E-state index contributed by atoms with van der Waals surface area (Å²) in [5.74, 6) is 0. The van der Waals surface area contributed by atoms with Gasteiger partial charge in [-0.2, -0.15) is 20.8 Å². The maximum Gasteiger partial charge on any atom is 0.234 e. The largest absolute Gasteiger partial charge is 0.234 e. The van der Waals surface area contributed by atoms with E-state index in [1.165, 1.54) is 12.2 Å². The van der Waals surface area contributed by atoms with Crippen molar-refractivity contribution in [2.45, 2.75) is 50.6 Å². The van der Waals surface area contributed by atoms with Gasteiger partial charge in [0.05, 0.1) is 25.2 Å². The zero-order valence-electron chi connectivity index (χ0n) is 12.7. The van der Waals surface area contributed by atoms with E-state index < -0.39 is 11.1 Å². The van der Waals surface area contributed by atoms with Gasteiger partial charge in [0.1, 0.15) is 0 Å². The number of nitrogens with zero attached hydrogens (tertiary/aromatic N) is 6. The van der Waals surface area contributed by atoms with Gasteiger partial charge in [-0.25, -0.2) is 19.6 Å². The van der Waals surface area contributed by atoms with E-state index in [0.717, 1.165) is 0 Å². The van der Waals surface area contributed by atoms with Gasteiger partial charge in [0, 0.05) is 0 Å². The molecule has 0 amide bonds. The van der Waals surface area contributed by atoms with Crippen molar-refractivity contribution in [1.82, 2.24) is 0 Å². The average Bonchev–Trinajstić information content (AvgIpc) is 2.54. The molecule has 0 rings (SSSR count). The fourth-order valence-electron chi connectivity index (χ4n) is 1.57. The quantitative estimate of drug-likeness (QED) is 0.265. The Morgan fingerprint density at radius 2 is 1.18 bits per heavy atom. The number of azo groups is 1. The van der Waals surface area contributed by atoms with Gasteiger partial charge in [0.15, 0.2) is 11.1 Å². The van der Waals surface area contributed by atoms with Gasteiger partial charge in [0.2, 0.25) is 12.2 Å². The van der Waals surface area contributed by atoms with Crippen LogP contribution < -0.4 is 0 Å². The summed E-state index contributed by atoms with van der Waals surface area (Å²) in [5, 5.41) is 26.4. The molecule has 0 fully saturated rings. The predicted molar refractivity (Wildman–Crippen MR) is 77.3 cm³/mol. The number of isocyanates is 2. The van der Waals surface area contributed by atoms with Gasteiger partial charge in [-0.15, -0.1) is 0 Å². The third-order valence-corrected chi connectivity index (χ3v) is 2.97. The molecule has 0 aliphatic carbocycles. The van der Waals surface area contributed by atoms with E-state index >= 15 is 0 Å². The molecule has 0 aromatic rings. The molecule has 0 aliphatic rings. The van der Waals surface area contributed by atoms with Crippen molar-refractivity contribution in [3.8, 4) is 12.1 Å². The molecule has 0 aliphatic heterocycles. The molecular formula is C14H18N6O2. The molecule has 22 heavy (non-hydrogen) atoms. The second-order valence-corrected chi connectivity index (χ2v) is 5.12. The minimum absolute atomic E-state index is 0.273. The average molecular weight is 302 g/mol. The second kappa shape index (κ2) is 10.1. The summed E-state index contributed by atoms with van der Waals surface area (Å²) >= 11 is 0. The Bertz CT molecular complexity index is 513. The fourth-order valence-corrected chi connectivity index (χ4v) is 1.57. The van der Waals surface area contributed by atoms with Crippen LogP contribution in [0.1, 0.15) is 39.5 Å². The van der Waals surface area contributed by atoms with Crippen LogP contribution in [0.3, 0.4) is 0 Å². The van der Waals surface area contributed by atoms with Gasteiger partial charge in [-0.3, -0.25) is 0 Å². The fraction of sp³-hybridized carbons (Fsp3) is 0.714. The molecule has 2 atom stereocenters. The Balaban J connectivity index is 4.75. The highest BCUT2D eigenvalue weighted by atomic mass is 16.1. The first-order chi connectivity index (χ1) is 10.4. The molecule has 8 heteroatoms. The predicted octanol–water partition coefficient (Wildman–Crippen LogP) is 2.24.